The minimum Gasteiger partial charge on any atom is -0.312 e. The Morgan fingerprint density at radius 3 is 2.56 bits per heavy atom. The third-order valence-electron chi connectivity index (χ3n) is 5.21. The van der Waals surface area contributed by atoms with Crippen LogP contribution in [0.15, 0.2) is 0 Å². The molecule has 0 aromatic carbocycles. The minimum atomic E-state index is 0.396. The predicted octanol–water partition coefficient (Wildman–Crippen LogP) is 3.56. The van der Waals surface area contributed by atoms with Crippen molar-refractivity contribution in [1.29, 1.82) is 0 Å². The molecule has 0 amide bonds. The van der Waals surface area contributed by atoms with Crippen LogP contribution in [0.4, 0.5) is 0 Å². The Hall–Kier alpha value is 0.250. The monoisotopic (exact) mass is 241 g/mol. The van der Waals surface area contributed by atoms with Gasteiger partial charge < -0.3 is 5.32 Å². The molecule has 3 rings (SSSR count). The standard InChI is InChI=1S/C14H24ClN/c15-13-3-1-2-4-14(13)16-9-12-8-10-5-6-11(12)7-10/h10-14,16H,1-9H2. The van der Waals surface area contributed by atoms with Crippen molar-refractivity contribution in [2.75, 3.05) is 6.54 Å². The molecule has 92 valence electrons. The third kappa shape index (κ3) is 2.26. The van der Waals surface area contributed by atoms with Crippen molar-refractivity contribution < 1.29 is 0 Å². The SMILES string of the molecule is ClC1CCCCC1NCC1CC2CCC1C2. The van der Waals surface area contributed by atoms with Crippen LogP contribution >= 0.6 is 11.6 Å². The smallest absolute Gasteiger partial charge is 0.0489 e. The molecule has 0 aromatic heterocycles. The van der Waals surface area contributed by atoms with Gasteiger partial charge in [-0.25, -0.2) is 0 Å². The Labute approximate surface area is 104 Å². The lowest BCUT2D eigenvalue weighted by atomic mass is 9.88. The lowest BCUT2D eigenvalue weighted by Gasteiger charge is -2.31. The van der Waals surface area contributed by atoms with Crippen LogP contribution in [-0.4, -0.2) is 18.0 Å². The number of rotatable bonds is 3. The van der Waals surface area contributed by atoms with Gasteiger partial charge in [0.15, 0.2) is 0 Å². The lowest BCUT2D eigenvalue weighted by Crippen LogP contribution is -2.42. The van der Waals surface area contributed by atoms with Crippen molar-refractivity contribution in [3.8, 4) is 0 Å². The van der Waals surface area contributed by atoms with Gasteiger partial charge in [0.05, 0.1) is 0 Å². The van der Waals surface area contributed by atoms with Crippen LogP contribution in [0.1, 0.15) is 51.4 Å². The molecule has 2 bridgehead atoms. The molecule has 0 radical (unpaired) electrons. The molecule has 3 saturated carbocycles. The van der Waals surface area contributed by atoms with E-state index in [1.54, 1.807) is 0 Å². The van der Waals surface area contributed by atoms with Gasteiger partial charge in [0.1, 0.15) is 0 Å². The van der Waals surface area contributed by atoms with E-state index in [9.17, 15) is 0 Å². The highest BCUT2D eigenvalue weighted by Gasteiger charge is 2.39. The van der Waals surface area contributed by atoms with Crippen molar-refractivity contribution in [3.05, 3.63) is 0 Å². The Balaban J connectivity index is 1.45. The van der Waals surface area contributed by atoms with Gasteiger partial charge in [0.25, 0.3) is 0 Å². The van der Waals surface area contributed by atoms with E-state index in [4.69, 9.17) is 11.6 Å². The van der Waals surface area contributed by atoms with Crippen LogP contribution in [0.3, 0.4) is 0 Å². The van der Waals surface area contributed by atoms with E-state index >= 15 is 0 Å². The normalized spacial score (nSPS) is 47.4. The highest BCUT2D eigenvalue weighted by Crippen LogP contribution is 2.48. The average molecular weight is 242 g/mol. The van der Waals surface area contributed by atoms with E-state index in [2.05, 4.69) is 5.32 Å². The first-order valence-corrected chi connectivity index (χ1v) is 7.64. The maximum absolute atomic E-state index is 6.38. The first-order valence-electron chi connectivity index (χ1n) is 7.20. The molecule has 3 fully saturated rings. The number of halogens is 1. The van der Waals surface area contributed by atoms with Crippen molar-refractivity contribution in [2.45, 2.75) is 62.8 Å². The molecule has 0 heterocycles. The summed E-state index contributed by atoms with van der Waals surface area (Å²) in [5.41, 5.74) is 0. The summed E-state index contributed by atoms with van der Waals surface area (Å²) < 4.78 is 0. The summed E-state index contributed by atoms with van der Waals surface area (Å²) in [6.45, 7) is 1.25. The Bertz CT molecular complexity index is 241. The molecule has 16 heavy (non-hydrogen) atoms. The lowest BCUT2D eigenvalue weighted by molar-refractivity contribution is 0.286. The van der Waals surface area contributed by atoms with E-state index < -0.39 is 0 Å². The Morgan fingerprint density at radius 2 is 1.88 bits per heavy atom. The maximum atomic E-state index is 6.38. The summed E-state index contributed by atoms with van der Waals surface area (Å²) in [4.78, 5) is 0. The fourth-order valence-electron chi connectivity index (χ4n) is 4.24. The van der Waals surface area contributed by atoms with Gasteiger partial charge in [0, 0.05) is 11.4 Å². The number of alkyl halides is 1. The second-order valence-corrected chi connectivity index (χ2v) is 6.81. The number of hydrogen-bond acceptors (Lipinski definition) is 1. The number of nitrogens with one attached hydrogen (secondary N) is 1. The van der Waals surface area contributed by atoms with Crippen LogP contribution in [0.25, 0.3) is 0 Å². The van der Waals surface area contributed by atoms with Crippen LogP contribution in [0.2, 0.25) is 0 Å². The third-order valence-corrected chi connectivity index (χ3v) is 5.73. The molecule has 3 aliphatic rings. The molecule has 3 aliphatic carbocycles. The molecule has 0 aromatic rings. The molecule has 0 saturated heterocycles. The number of fused-ring (bicyclic) bond motifs is 2. The van der Waals surface area contributed by atoms with Crippen LogP contribution < -0.4 is 5.32 Å². The molecule has 0 aliphatic heterocycles. The summed E-state index contributed by atoms with van der Waals surface area (Å²) in [5, 5.41) is 4.16. The van der Waals surface area contributed by atoms with E-state index in [1.165, 1.54) is 57.9 Å². The second-order valence-electron chi connectivity index (χ2n) is 6.25. The van der Waals surface area contributed by atoms with Crippen molar-refractivity contribution in [2.24, 2.45) is 17.8 Å². The quantitative estimate of drug-likeness (QED) is 0.745. The fraction of sp³-hybridized carbons (Fsp3) is 1.00. The molecule has 1 nitrogen and oxygen atoms in total. The first-order chi connectivity index (χ1) is 7.83. The summed E-state index contributed by atoms with van der Waals surface area (Å²) in [6.07, 6.45) is 11.3. The minimum absolute atomic E-state index is 0.396. The van der Waals surface area contributed by atoms with Crippen molar-refractivity contribution >= 4 is 11.6 Å². The van der Waals surface area contributed by atoms with Crippen LogP contribution in [0.5, 0.6) is 0 Å². The molecule has 2 heteroatoms. The van der Waals surface area contributed by atoms with Gasteiger partial charge in [-0.15, -0.1) is 11.6 Å². The molecule has 5 atom stereocenters. The van der Waals surface area contributed by atoms with E-state index in [1.807, 2.05) is 0 Å². The largest absolute Gasteiger partial charge is 0.312 e. The molecular weight excluding hydrogens is 218 g/mol. The van der Waals surface area contributed by atoms with Gasteiger partial charge in [-0.2, -0.15) is 0 Å². The second kappa shape index (κ2) is 4.86. The van der Waals surface area contributed by atoms with Crippen molar-refractivity contribution in [3.63, 3.8) is 0 Å². The molecule has 5 unspecified atom stereocenters. The molecule has 1 N–H and O–H groups in total. The fourth-order valence-corrected chi connectivity index (χ4v) is 4.61. The van der Waals surface area contributed by atoms with E-state index in [-0.39, 0.29) is 0 Å². The Morgan fingerprint density at radius 1 is 1.00 bits per heavy atom. The first kappa shape index (κ1) is 11.3. The van der Waals surface area contributed by atoms with Gasteiger partial charge >= 0.3 is 0 Å². The van der Waals surface area contributed by atoms with Crippen LogP contribution in [0, 0.1) is 17.8 Å². The average Bonchev–Trinajstić information content (AvgIpc) is 2.90. The zero-order valence-electron chi connectivity index (χ0n) is 10.1. The summed E-state index contributed by atoms with van der Waals surface area (Å²) in [6, 6.07) is 0.606. The zero-order chi connectivity index (χ0) is 11.0. The summed E-state index contributed by atoms with van der Waals surface area (Å²) in [5.74, 6) is 3.11. The topological polar surface area (TPSA) is 12.0 Å². The predicted molar refractivity (Wildman–Crippen MR) is 68.8 cm³/mol. The van der Waals surface area contributed by atoms with E-state index in [0.29, 0.717) is 11.4 Å². The van der Waals surface area contributed by atoms with E-state index in [0.717, 1.165) is 17.8 Å². The van der Waals surface area contributed by atoms with Gasteiger partial charge in [-0.05, 0) is 56.4 Å². The summed E-state index contributed by atoms with van der Waals surface area (Å²) in [7, 11) is 0. The maximum Gasteiger partial charge on any atom is 0.0489 e. The van der Waals surface area contributed by atoms with Crippen LogP contribution in [-0.2, 0) is 0 Å². The van der Waals surface area contributed by atoms with Crippen molar-refractivity contribution in [1.82, 2.24) is 5.32 Å². The highest BCUT2D eigenvalue weighted by molar-refractivity contribution is 6.21. The Kier molecular flexibility index (Phi) is 3.44. The summed E-state index contributed by atoms with van der Waals surface area (Å²) >= 11 is 6.38. The zero-order valence-corrected chi connectivity index (χ0v) is 10.9. The van der Waals surface area contributed by atoms with Gasteiger partial charge in [-0.3, -0.25) is 0 Å². The molecule has 0 spiro atoms. The highest BCUT2D eigenvalue weighted by atomic mass is 35.5. The van der Waals surface area contributed by atoms with Gasteiger partial charge in [0.2, 0.25) is 0 Å². The number of hydrogen-bond donors (Lipinski definition) is 1. The molecular formula is C14H24ClN. The van der Waals surface area contributed by atoms with Gasteiger partial charge in [-0.1, -0.05) is 19.3 Å².